The van der Waals surface area contributed by atoms with E-state index in [0.29, 0.717) is 11.3 Å². The van der Waals surface area contributed by atoms with Crippen LogP contribution in [0.25, 0.3) is 0 Å². The Morgan fingerprint density at radius 3 is 2.18 bits per heavy atom. The number of hydrogen-bond donors (Lipinski definition) is 4. The van der Waals surface area contributed by atoms with Gasteiger partial charge in [-0.25, -0.2) is 0 Å². The van der Waals surface area contributed by atoms with Crippen LogP contribution in [0.4, 0.5) is 5.69 Å². The number of rotatable bonds is 6. The average Bonchev–Trinajstić information content (AvgIpc) is 2.44. The molecule has 0 unspecified atom stereocenters. The lowest BCUT2D eigenvalue weighted by Gasteiger charge is -2.09. The van der Waals surface area contributed by atoms with Gasteiger partial charge < -0.3 is 21.7 Å². The number of carbonyl (C=O) groups is 3. The lowest BCUT2D eigenvalue weighted by atomic mass is 10.2. The minimum absolute atomic E-state index is 0. The monoisotopic (exact) mass is 328 g/mol. The molecule has 1 aromatic carbocycles. The zero-order valence-corrected chi connectivity index (χ0v) is 13.3. The smallest absolute Gasteiger partial charge is 0.251 e. The normalized spacial score (nSPS) is 9.64. The maximum atomic E-state index is 11.7. The first-order valence-electron chi connectivity index (χ1n) is 6.60. The number of carbonyl (C=O) groups excluding carboxylic acids is 3. The highest BCUT2D eigenvalue weighted by molar-refractivity contribution is 5.97. The molecule has 0 fully saturated rings. The fourth-order valence-electron chi connectivity index (χ4n) is 1.51. The van der Waals surface area contributed by atoms with Gasteiger partial charge in [-0.05, 0) is 38.1 Å². The van der Waals surface area contributed by atoms with Crippen LogP contribution in [0.5, 0.6) is 0 Å². The summed E-state index contributed by atoms with van der Waals surface area (Å²) in [6, 6.07) is 6.54. The molecule has 1 aromatic rings. The van der Waals surface area contributed by atoms with E-state index in [1.807, 2.05) is 13.8 Å². The molecule has 0 aromatic heterocycles. The molecule has 0 aliphatic carbocycles. The van der Waals surface area contributed by atoms with Gasteiger partial charge in [0.1, 0.15) is 0 Å². The van der Waals surface area contributed by atoms with Gasteiger partial charge in [0.05, 0.1) is 13.1 Å². The highest BCUT2D eigenvalue weighted by Gasteiger charge is 2.08. The largest absolute Gasteiger partial charge is 0.350 e. The summed E-state index contributed by atoms with van der Waals surface area (Å²) in [5.41, 5.74) is 6.17. The van der Waals surface area contributed by atoms with E-state index in [-0.39, 0.29) is 43.4 Å². The number of halogens is 1. The molecule has 0 heterocycles. The molecule has 7 nitrogen and oxygen atoms in total. The SMILES string of the molecule is CC(C)NC(=O)c1ccc(NC(=O)CNC(=O)CN)cc1.Cl. The summed E-state index contributed by atoms with van der Waals surface area (Å²) in [4.78, 5) is 34.2. The molecule has 0 spiro atoms. The van der Waals surface area contributed by atoms with Crippen LogP contribution in [-0.2, 0) is 9.59 Å². The molecular formula is C14H21ClN4O3. The average molecular weight is 329 g/mol. The Morgan fingerprint density at radius 1 is 1.09 bits per heavy atom. The second-order valence-electron chi connectivity index (χ2n) is 4.73. The third kappa shape index (κ3) is 7.05. The van der Waals surface area contributed by atoms with Crippen LogP contribution in [0, 0.1) is 0 Å². The van der Waals surface area contributed by atoms with Gasteiger partial charge in [0, 0.05) is 17.3 Å². The summed E-state index contributed by atoms with van der Waals surface area (Å²) in [7, 11) is 0. The van der Waals surface area contributed by atoms with Crippen LogP contribution in [0.3, 0.4) is 0 Å². The number of nitrogens with two attached hydrogens (primary N) is 1. The van der Waals surface area contributed by atoms with E-state index in [1.54, 1.807) is 24.3 Å². The molecule has 0 atom stereocenters. The van der Waals surface area contributed by atoms with Gasteiger partial charge in [0.15, 0.2) is 0 Å². The minimum atomic E-state index is -0.397. The zero-order valence-electron chi connectivity index (χ0n) is 12.5. The van der Waals surface area contributed by atoms with Crippen molar-refractivity contribution in [3.8, 4) is 0 Å². The molecule has 0 saturated heterocycles. The molecule has 0 bridgehead atoms. The number of hydrogen-bond acceptors (Lipinski definition) is 4. The van der Waals surface area contributed by atoms with E-state index in [1.165, 1.54) is 0 Å². The van der Waals surface area contributed by atoms with Crippen LogP contribution >= 0.6 is 12.4 Å². The molecule has 0 saturated carbocycles. The van der Waals surface area contributed by atoms with Gasteiger partial charge in [-0.3, -0.25) is 14.4 Å². The third-order valence-corrected chi connectivity index (χ3v) is 2.48. The summed E-state index contributed by atoms with van der Waals surface area (Å²) in [6.45, 7) is 3.45. The summed E-state index contributed by atoms with van der Waals surface area (Å²) >= 11 is 0. The Labute approximate surface area is 135 Å². The number of anilines is 1. The zero-order chi connectivity index (χ0) is 15.8. The van der Waals surface area contributed by atoms with Gasteiger partial charge in [0.2, 0.25) is 11.8 Å². The molecule has 5 N–H and O–H groups in total. The Kier molecular flexibility index (Phi) is 8.81. The summed E-state index contributed by atoms with van der Waals surface area (Å²) in [5.74, 6) is -0.930. The van der Waals surface area contributed by atoms with E-state index >= 15 is 0 Å². The quantitative estimate of drug-likeness (QED) is 0.600. The van der Waals surface area contributed by atoms with Crippen molar-refractivity contribution in [1.29, 1.82) is 0 Å². The first-order chi connectivity index (χ1) is 9.92. The Balaban J connectivity index is 0.00000441. The third-order valence-electron chi connectivity index (χ3n) is 2.48. The van der Waals surface area contributed by atoms with E-state index in [4.69, 9.17) is 5.73 Å². The van der Waals surface area contributed by atoms with Gasteiger partial charge in [0.25, 0.3) is 5.91 Å². The minimum Gasteiger partial charge on any atom is -0.350 e. The molecule has 0 aliphatic heterocycles. The van der Waals surface area contributed by atoms with E-state index in [0.717, 1.165) is 0 Å². The topological polar surface area (TPSA) is 113 Å². The fourth-order valence-corrected chi connectivity index (χ4v) is 1.51. The fraction of sp³-hybridized carbons (Fsp3) is 0.357. The highest BCUT2D eigenvalue weighted by Crippen LogP contribution is 2.09. The van der Waals surface area contributed by atoms with E-state index in [2.05, 4.69) is 16.0 Å². The highest BCUT2D eigenvalue weighted by atomic mass is 35.5. The maximum absolute atomic E-state index is 11.7. The standard InChI is InChI=1S/C14H20N4O3.ClH/c1-9(2)17-14(21)10-3-5-11(6-4-10)18-13(20)8-16-12(19)7-15;/h3-6,9H,7-8,15H2,1-2H3,(H,16,19)(H,17,21)(H,18,20);1H. The van der Waals surface area contributed by atoms with Crippen molar-refractivity contribution in [3.63, 3.8) is 0 Å². The Bertz CT molecular complexity index is 517. The lowest BCUT2D eigenvalue weighted by molar-refractivity contribution is -0.123. The van der Waals surface area contributed by atoms with Crippen LogP contribution in [-0.4, -0.2) is 36.9 Å². The van der Waals surface area contributed by atoms with Crippen molar-refractivity contribution in [1.82, 2.24) is 10.6 Å². The lowest BCUT2D eigenvalue weighted by Crippen LogP contribution is -2.36. The van der Waals surface area contributed by atoms with Crippen LogP contribution in [0.1, 0.15) is 24.2 Å². The van der Waals surface area contributed by atoms with E-state index in [9.17, 15) is 14.4 Å². The number of nitrogens with one attached hydrogen (secondary N) is 3. The molecule has 3 amide bonds. The maximum Gasteiger partial charge on any atom is 0.251 e. The van der Waals surface area contributed by atoms with Gasteiger partial charge >= 0.3 is 0 Å². The van der Waals surface area contributed by atoms with E-state index < -0.39 is 5.91 Å². The second kappa shape index (κ2) is 9.75. The summed E-state index contributed by atoms with van der Waals surface area (Å²) in [6.07, 6.45) is 0. The molecule has 22 heavy (non-hydrogen) atoms. The van der Waals surface area contributed by atoms with Crippen molar-refractivity contribution < 1.29 is 14.4 Å². The van der Waals surface area contributed by atoms with Crippen molar-refractivity contribution in [3.05, 3.63) is 29.8 Å². The van der Waals surface area contributed by atoms with Gasteiger partial charge in [-0.1, -0.05) is 0 Å². The van der Waals surface area contributed by atoms with Crippen LogP contribution in [0.15, 0.2) is 24.3 Å². The van der Waals surface area contributed by atoms with Gasteiger partial charge in [-0.15, -0.1) is 12.4 Å². The number of amides is 3. The molecule has 122 valence electrons. The first-order valence-corrected chi connectivity index (χ1v) is 6.60. The van der Waals surface area contributed by atoms with Crippen molar-refractivity contribution >= 4 is 35.8 Å². The number of benzene rings is 1. The van der Waals surface area contributed by atoms with Crippen LogP contribution in [0.2, 0.25) is 0 Å². The predicted molar refractivity (Wildman–Crippen MR) is 87.0 cm³/mol. The Hall–Kier alpha value is -2.12. The summed E-state index contributed by atoms with van der Waals surface area (Å²) in [5, 5.41) is 7.74. The first kappa shape index (κ1) is 19.9. The molecule has 0 radical (unpaired) electrons. The second-order valence-corrected chi connectivity index (χ2v) is 4.73. The molecule has 8 heteroatoms. The molecule has 1 rings (SSSR count). The van der Waals surface area contributed by atoms with Gasteiger partial charge in [-0.2, -0.15) is 0 Å². The van der Waals surface area contributed by atoms with Crippen molar-refractivity contribution in [2.45, 2.75) is 19.9 Å². The van der Waals surface area contributed by atoms with Crippen molar-refractivity contribution in [2.24, 2.45) is 5.73 Å². The van der Waals surface area contributed by atoms with Crippen LogP contribution < -0.4 is 21.7 Å². The molecular weight excluding hydrogens is 308 g/mol. The Morgan fingerprint density at radius 2 is 1.68 bits per heavy atom. The predicted octanol–water partition coefficient (Wildman–Crippen LogP) is 0.260. The summed E-state index contributed by atoms with van der Waals surface area (Å²) < 4.78 is 0. The molecule has 0 aliphatic rings. The van der Waals surface area contributed by atoms with Crippen molar-refractivity contribution in [2.75, 3.05) is 18.4 Å².